The Morgan fingerprint density at radius 3 is 2.57 bits per heavy atom. The topological polar surface area (TPSA) is 46.1 Å². The molecule has 2 N–H and O–H groups in total. The van der Waals surface area contributed by atoms with Gasteiger partial charge in [0.2, 0.25) is 0 Å². The summed E-state index contributed by atoms with van der Waals surface area (Å²) in [5.74, 6) is -0.0389. The summed E-state index contributed by atoms with van der Waals surface area (Å²) >= 11 is 1.52. The second-order valence-electron chi connectivity index (χ2n) is 7.68. The molecule has 0 spiro atoms. The van der Waals surface area contributed by atoms with Crippen LogP contribution in [0.3, 0.4) is 0 Å². The smallest absolute Gasteiger partial charge is 0.260 e. The van der Waals surface area contributed by atoms with Gasteiger partial charge in [0.15, 0.2) is 5.50 Å². The summed E-state index contributed by atoms with van der Waals surface area (Å²) in [7, 11) is 0. The van der Waals surface area contributed by atoms with Gasteiger partial charge in [-0.1, -0.05) is 43.0 Å². The van der Waals surface area contributed by atoms with Crippen LogP contribution in [-0.4, -0.2) is 16.0 Å². The lowest BCUT2D eigenvalue weighted by molar-refractivity contribution is -0.116. The summed E-state index contributed by atoms with van der Waals surface area (Å²) in [5, 5.41) is 6.41. The number of thioether (sulfide) groups is 1. The Morgan fingerprint density at radius 1 is 1.10 bits per heavy atom. The number of aryl methyl sites for hydroxylation is 3. The number of anilines is 1. The Morgan fingerprint density at radius 2 is 1.87 bits per heavy atom. The van der Waals surface area contributed by atoms with Crippen molar-refractivity contribution in [3.8, 4) is 5.69 Å². The van der Waals surface area contributed by atoms with Gasteiger partial charge in [0, 0.05) is 22.8 Å². The van der Waals surface area contributed by atoms with Gasteiger partial charge in [-0.25, -0.2) is 0 Å². The van der Waals surface area contributed by atoms with E-state index in [-0.39, 0.29) is 11.4 Å². The Labute approximate surface area is 182 Å². The lowest BCUT2D eigenvalue weighted by Gasteiger charge is -2.12. The fourth-order valence-corrected chi connectivity index (χ4v) is 4.77. The molecule has 1 saturated heterocycles. The highest BCUT2D eigenvalue weighted by Crippen LogP contribution is 2.32. The molecule has 0 unspecified atom stereocenters. The van der Waals surface area contributed by atoms with Crippen molar-refractivity contribution in [3.63, 3.8) is 0 Å². The number of aromatic nitrogens is 1. The van der Waals surface area contributed by atoms with Gasteiger partial charge in [-0.3, -0.25) is 4.79 Å². The van der Waals surface area contributed by atoms with Crippen LogP contribution >= 0.6 is 11.8 Å². The fourth-order valence-electron chi connectivity index (χ4n) is 3.79. The first kappa shape index (κ1) is 20.4. The van der Waals surface area contributed by atoms with Crippen LogP contribution in [0.4, 0.5) is 5.69 Å². The molecule has 0 bridgehead atoms. The molecule has 5 heteroatoms. The van der Waals surface area contributed by atoms with Gasteiger partial charge >= 0.3 is 0 Å². The summed E-state index contributed by atoms with van der Waals surface area (Å²) in [6.07, 6.45) is 3.01. The highest BCUT2D eigenvalue weighted by atomic mass is 32.2. The van der Waals surface area contributed by atoms with Crippen LogP contribution in [0.2, 0.25) is 0 Å². The number of amides is 1. The van der Waals surface area contributed by atoms with Crippen molar-refractivity contribution in [3.05, 3.63) is 87.6 Å². The van der Waals surface area contributed by atoms with E-state index in [1.165, 1.54) is 22.9 Å². The third-order valence-corrected chi connectivity index (χ3v) is 6.44. The normalized spacial score (nSPS) is 17.4. The van der Waals surface area contributed by atoms with E-state index in [9.17, 15) is 4.79 Å². The van der Waals surface area contributed by atoms with Crippen LogP contribution in [0.25, 0.3) is 11.8 Å². The van der Waals surface area contributed by atoms with Gasteiger partial charge in [0.05, 0.1) is 4.91 Å². The zero-order valence-corrected chi connectivity index (χ0v) is 18.6. The van der Waals surface area contributed by atoms with Crippen molar-refractivity contribution >= 4 is 29.4 Å². The van der Waals surface area contributed by atoms with Gasteiger partial charge in [-0.05, 0) is 80.3 Å². The molecule has 154 valence electrons. The first-order valence-electron chi connectivity index (χ1n) is 10.3. The average Bonchev–Trinajstić information content (AvgIpc) is 3.20. The Balaban J connectivity index is 1.55. The summed E-state index contributed by atoms with van der Waals surface area (Å²) in [4.78, 5) is 13.3. The highest BCUT2D eigenvalue weighted by Gasteiger charge is 2.27. The van der Waals surface area contributed by atoms with Crippen LogP contribution in [0.5, 0.6) is 0 Å². The minimum Gasteiger partial charge on any atom is -0.357 e. The monoisotopic (exact) mass is 417 g/mol. The van der Waals surface area contributed by atoms with Gasteiger partial charge in [-0.2, -0.15) is 0 Å². The van der Waals surface area contributed by atoms with Gasteiger partial charge in [-0.15, -0.1) is 0 Å². The SMILES string of the molecule is CCc1ccc(N[C@@H]2NC(=O)/C(=C/c3cc(C)n(-c4cccc(C)c4)c3C)S2)cc1. The number of carbonyl (C=O) groups is 1. The Hall–Kier alpha value is -2.92. The van der Waals surface area contributed by atoms with Gasteiger partial charge in [0.25, 0.3) is 5.91 Å². The largest absolute Gasteiger partial charge is 0.357 e. The van der Waals surface area contributed by atoms with Crippen LogP contribution in [0.15, 0.2) is 59.5 Å². The molecule has 4 nitrogen and oxygen atoms in total. The zero-order valence-electron chi connectivity index (χ0n) is 17.8. The molecule has 2 heterocycles. The van der Waals surface area contributed by atoms with Crippen molar-refractivity contribution in [2.45, 2.75) is 39.6 Å². The van der Waals surface area contributed by atoms with E-state index in [0.717, 1.165) is 39.7 Å². The van der Waals surface area contributed by atoms with Crippen molar-refractivity contribution in [1.29, 1.82) is 0 Å². The van der Waals surface area contributed by atoms with E-state index < -0.39 is 0 Å². The van der Waals surface area contributed by atoms with Crippen LogP contribution in [-0.2, 0) is 11.2 Å². The maximum absolute atomic E-state index is 12.6. The summed E-state index contributed by atoms with van der Waals surface area (Å²) in [5.41, 5.74) is 7.86. The van der Waals surface area contributed by atoms with Crippen molar-refractivity contribution in [2.24, 2.45) is 0 Å². The molecule has 30 heavy (non-hydrogen) atoms. The molecule has 1 atom stereocenters. The highest BCUT2D eigenvalue weighted by molar-refractivity contribution is 8.05. The van der Waals surface area contributed by atoms with E-state index in [0.29, 0.717) is 0 Å². The standard InChI is InChI=1S/C25H27N3OS/c1-5-19-9-11-21(12-10-19)26-25-27-24(29)23(30-25)15-20-14-17(3)28(18(20)4)22-8-6-7-16(2)13-22/h6-15,25-26H,5H2,1-4H3,(H,27,29)/b23-15-/t25-/m1/s1. The van der Waals surface area contributed by atoms with Gasteiger partial charge in [0.1, 0.15) is 0 Å². The Bertz CT molecular complexity index is 1110. The van der Waals surface area contributed by atoms with Crippen molar-refractivity contribution < 1.29 is 4.79 Å². The molecule has 0 radical (unpaired) electrons. The van der Waals surface area contributed by atoms with E-state index in [2.05, 4.69) is 97.5 Å². The minimum absolute atomic E-state index is 0.0389. The summed E-state index contributed by atoms with van der Waals surface area (Å²) in [6, 6.07) is 19.0. The maximum atomic E-state index is 12.6. The van der Waals surface area contributed by atoms with E-state index in [4.69, 9.17) is 0 Å². The lowest BCUT2D eigenvalue weighted by Crippen LogP contribution is -2.30. The van der Waals surface area contributed by atoms with Crippen molar-refractivity contribution in [1.82, 2.24) is 9.88 Å². The van der Waals surface area contributed by atoms with E-state index in [1.54, 1.807) is 0 Å². The van der Waals surface area contributed by atoms with Crippen LogP contribution in [0.1, 0.15) is 35.0 Å². The van der Waals surface area contributed by atoms with Gasteiger partial charge < -0.3 is 15.2 Å². The molecule has 4 rings (SSSR count). The van der Waals surface area contributed by atoms with E-state index in [1.807, 2.05) is 6.08 Å². The fraction of sp³-hybridized carbons (Fsp3) is 0.240. The third kappa shape index (κ3) is 4.17. The molecule has 0 saturated carbocycles. The molecule has 1 aliphatic rings. The molecule has 1 aliphatic heterocycles. The molecule has 2 aromatic carbocycles. The molecular weight excluding hydrogens is 390 g/mol. The Kier molecular flexibility index (Phi) is 5.73. The number of carbonyl (C=O) groups excluding carboxylic acids is 1. The molecule has 3 aromatic rings. The lowest BCUT2D eigenvalue weighted by atomic mass is 10.1. The van der Waals surface area contributed by atoms with Crippen LogP contribution < -0.4 is 10.6 Å². The number of nitrogens with zero attached hydrogens (tertiary/aromatic N) is 1. The molecule has 1 fully saturated rings. The zero-order chi connectivity index (χ0) is 21.3. The first-order chi connectivity index (χ1) is 14.4. The number of hydrogen-bond acceptors (Lipinski definition) is 3. The number of rotatable bonds is 5. The van der Waals surface area contributed by atoms with E-state index >= 15 is 0 Å². The minimum atomic E-state index is -0.170. The average molecular weight is 418 g/mol. The number of hydrogen-bond donors (Lipinski definition) is 2. The molecular formula is C25H27N3OS. The second kappa shape index (κ2) is 8.44. The van der Waals surface area contributed by atoms with Crippen molar-refractivity contribution in [2.75, 3.05) is 5.32 Å². The predicted octanol–water partition coefficient (Wildman–Crippen LogP) is 5.56. The third-order valence-electron chi connectivity index (χ3n) is 5.41. The second-order valence-corrected chi connectivity index (χ2v) is 8.82. The first-order valence-corrected chi connectivity index (χ1v) is 11.1. The molecule has 1 aromatic heterocycles. The molecule has 0 aliphatic carbocycles. The summed E-state index contributed by atoms with van der Waals surface area (Å²) < 4.78 is 2.24. The maximum Gasteiger partial charge on any atom is 0.260 e. The number of benzene rings is 2. The predicted molar refractivity (Wildman–Crippen MR) is 127 cm³/mol. The van der Waals surface area contributed by atoms with Crippen LogP contribution in [0, 0.1) is 20.8 Å². The quantitative estimate of drug-likeness (QED) is 0.534. The molecule has 1 amide bonds. The number of nitrogens with one attached hydrogen (secondary N) is 2. The summed E-state index contributed by atoms with van der Waals surface area (Å²) in [6.45, 7) is 8.44.